The van der Waals surface area contributed by atoms with Crippen molar-refractivity contribution in [3.8, 4) is 0 Å². The molecule has 0 radical (unpaired) electrons. The number of alkyl halides is 1. The summed E-state index contributed by atoms with van der Waals surface area (Å²) in [5.41, 5.74) is 4.05. The molecule has 0 bridgehead atoms. The minimum absolute atomic E-state index is 0. The van der Waals surface area contributed by atoms with Crippen molar-refractivity contribution in [1.82, 2.24) is 5.32 Å². The van der Waals surface area contributed by atoms with Gasteiger partial charge in [0.15, 0.2) is 0 Å². The molecule has 1 saturated carbocycles. The van der Waals surface area contributed by atoms with Gasteiger partial charge in [-0.25, -0.2) is 0 Å². The Morgan fingerprint density at radius 1 is 1.28 bits per heavy atom. The van der Waals surface area contributed by atoms with E-state index in [9.17, 15) is 4.79 Å². The molecular formula is C24H37Cl2NO2. The zero-order chi connectivity index (χ0) is 20.4. The van der Waals surface area contributed by atoms with E-state index < -0.39 is 5.41 Å². The Labute approximate surface area is 187 Å². The second-order valence-electron chi connectivity index (χ2n) is 9.43. The van der Waals surface area contributed by atoms with Gasteiger partial charge in [-0.1, -0.05) is 45.4 Å². The van der Waals surface area contributed by atoms with Crippen LogP contribution in [0.1, 0.15) is 76.0 Å². The number of fused-ring (bicyclic) bond motifs is 3. The maximum Gasteiger partial charge on any atom is 0.312 e. The van der Waals surface area contributed by atoms with Gasteiger partial charge in [0.05, 0.1) is 5.41 Å². The van der Waals surface area contributed by atoms with Gasteiger partial charge in [-0.05, 0) is 66.5 Å². The fraction of sp³-hybridized carbons (Fsp3) is 0.708. The van der Waals surface area contributed by atoms with Crippen molar-refractivity contribution >= 4 is 30.0 Å². The number of hydrogen-bond acceptors (Lipinski definition) is 3. The Morgan fingerprint density at radius 3 is 2.72 bits per heavy atom. The standard InChI is InChI=1S/C24H36ClNO2.ClH/c1-17(2)18-6-8-20-19(16-18)7-9-21-23(20,3)10-5-11-24(21,4)22(27)28-15-14-26-13-12-25;/h6,8,16-17,21,26H,5,7,9-15H2,1-4H3;1H/t21-,23-,24-;/m1./s1. The van der Waals surface area contributed by atoms with Gasteiger partial charge in [-0.15, -0.1) is 24.0 Å². The Hall–Kier alpha value is -0.770. The fourth-order valence-corrected chi connectivity index (χ4v) is 5.82. The monoisotopic (exact) mass is 441 g/mol. The summed E-state index contributed by atoms with van der Waals surface area (Å²) in [6, 6.07) is 7.06. The molecule has 1 N–H and O–H groups in total. The first-order chi connectivity index (χ1) is 13.3. The highest BCUT2D eigenvalue weighted by atomic mass is 35.5. The van der Waals surface area contributed by atoms with Gasteiger partial charge in [0, 0.05) is 19.0 Å². The molecule has 3 rings (SSSR count). The lowest BCUT2D eigenvalue weighted by atomic mass is 9.49. The molecule has 0 unspecified atom stereocenters. The quantitative estimate of drug-likeness (QED) is 0.339. The lowest BCUT2D eigenvalue weighted by Gasteiger charge is -2.54. The largest absolute Gasteiger partial charge is 0.464 e. The van der Waals surface area contributed by atoms with E-state index in [4.69, 9.17) is 16.3 Å². The van der Waals surface area contributed by atoms with Crippen LogP contribution in [-0.2, 0) is 21.4 Å². The van der Waals surface area contributed by atoms with Gasteiger partial charge in [-0.3, -0.25) is 4.79 Å². The van der Waals surface area contributed by atoms with Gasteiger partial charge in [-0.2, -0.15) is 0 Å². The van der Waals surface area contributed by atoms with Crippen molar-refractivity contribution in [2.45, 2.75) is 71.1 Å². The molecule has 0 amide bonds. The van der Waals surface area contributed by atoms with Crippen molar-refractivity contribution in [3.05, 3.63) is 34.9 Å². The number of carbonyl (C=O) groups excluding carboxylic acids is 1. The second-order valence-corrected chi connectivity index (χ2v) is 9.80. The molecule has 0 saturated heterocycles. The number of ether oxygens (including phenoxy) is 1. The summed E-state index contributed by atoms with van der Waals surface area (Å²) in [5, 5.41) is 3.19. The molecule has 0 aliphatic heterocycles. The first kappa shape index (κ1) is 24.5. The van der Waals surface area contributed by atoms with Gasteiger partial charge in [0.2, 0.25) is 0 Å². The zero-order valence-corrected chi connectivity index (χ0v) is 19.9. The smallest absolute Gasteiger partial charge is 0.312 e. The minimum atomic E-state index is -0.395. The maximum absolute atomic E-state index is 13.1. The molecular weight excluding hydrogens is 405 g/mol. The molecule has 29 heavy (non-hydrogen) atoms. The van der Waals surface area contributed by atoms with E-state index in [-0.39, 0.29) is 23.8 Å². The summed E-state index contributed by atoms with van der Waals surface area (Å²) < 4.78 is 5.72. The van der Waals surface area contributed by atoms with Gasteiger partial charge in [0.25, 0.3) is 0 Å². The average molecular weight is 442 g/mol. The molecule has 3 nitrogen and oxygen atoms in total. The van der Waals surface area contributed by atoms with Crippen molar-refractivity contribution in [2.75, 3.05) is 25.6 Å². The van der Waals surface area contributed by atoms with Crippen LogP contribution < -0.4 is 5.32 Å². The Bertz CT molecular complexity index is 708. The number of carbonyl (C=O) groups is 1. The summed E-state index contributed by atoms with van der Waals surface area (Å²) in [4.78, 5) is 13.1. The molecule has 0 heterocycles. The number of hydrogen-bond donors (Lipinski definition) is 1. The first-order valence-electron chi connectivity index (χ1n) is 10.9. The van der Waals surface area contributed by atoms with Gasteiger partial charge in [0.1, 0.15) is 6.61 Å². The number of aryl methyl sites for hydroxylation is 1. The molecule has 5 heteroatoms. The van der Waals surface area contributed by atoms with Crippen molar-refractivity contribution < 1.29 is 9.53 Å². The molecule has 0 aromatic heterocycles. The molecule has 1 aromatic carbocycles. The van der Waals surface area contributed by atoms with E-state index in [1.807, 2.05) is 0 Å². The van der Waals surface area contributed by atoms with Crippen molar-refractivity contribution in [2.24, 2.45) is 11.3 Å². The first-order valence-corrected chi connectivity index (χ1v) is 11.4. The highest BCUT2D eigenvalue weighted by Crippen LogP contribution is 2.57. The Kier molecular flexibility index (Phi) is 8.47. The molecule has 1 fully saturated rings. The van der Waals surface area contributed by atoms with Crippen LogP contribution in [0.25, 0.3) is 0 Å². The highest BCUT2D eigenvalue weighted by Gasteiger charge is 2.55. The molecule has 3 atom stereocenters. The second kappa shape index (κ2) is 10.0. The van der Waals surface area contributed by atoms with E-state index in [1.165, 1.54) is 16.7 Å². The average Bonchev–Trinajstić information content (AvgIpc) is 2.67. The Morgan fingerprint density at radius 2 is 2.03 bits per heavy atom. The van der Waals surface area contributed by atoms with Crippen molar-refractivity contribution in [3.63, 3.8) is 0 Å². The minimum Gasteiger partial charge on any atom is -0.464 e. The summed E-state index contributed by atoms with van der Waals surface area (Å²) >= 11 is 5.68. The Balaban J connectivity index is 0.00000300. The lowest BCUT2D eigenvalue weighted by Crippen LogP contribution is -2.53. The summed E-state index contributed by atoms with van der Waals surface area (Å²) in [6.07, 6.45) is 5.30. The predicted molar refractivity (Wildman–Crippen MR) is 123 cm³/mol. The zero-order valence-electron chi connectivity index (χ0n) is 18.4. The third kappa shape index (κ3) is 4.78. The highest BCUT2D eigenvalue weighted by molar-refractivity contribution is 6.18. The molecule has 1 aromatic rings. The van der Waals surface area contributed by atoms with Crippen LogP contribution >= 0.6 is 24.0 Å². The van der Waals surface area contributed by atoms with E-state index in [1.54, 1.807) is 0 Å². The van der Waals surface area contributed by atoms with E-state index in [0.29, 0.717) is 30.9 Å². The van der Waals surface area contributed by atoms with Crippen LogP contribution in [0.5, 0.6) is 0 Å². The number of nitrogens with one attached hydrogen (secondary N) is 1. The number of halogens is 2. The summed E-state index contributed by atoms with van der Waals surface area (Å²) in [7, 11) is 0. The SMILES string of the molecule is CC(C)c1ccc2c(c1)CC[C@H]1[C@](C)(C(=O)OCCNCCCl)CCC[C@]21C.Cl. The number of rotatable bonds is 7. The predicted octanol–water partition coefficient (Wildman–Crippen LogP) is 5.61. The van der Waals surface area contributed by atoms with Crippen LogP contribution in [0.2, 0.25) is 0 Å². The molecule has 164 valence electrons. The number of benzene rings is 1. The normalized spacial score (nSPS) is 28.3. The van der Waals surface area contributed by atoms with Crippen molar-refractivity contribution in [1.29, 1.82) is 0 Å². The van der Waals surface area contributed by atoms with E-state index >= 15 is 0 Å². The van der Waals surface area contributed by atoms with Crippen LogP contribution in [-0.4, -0.2) is 31.5 Å². The summed E-state index contributed by atoms with van der Waals surface area (Å²) in [6.45, 7) is 10.9. The third-order valence-corrected chi connectivity index (χ3v) is 7.48. The topological polar surface area (TPSA) is 38.3 Å². The third-order valence-electron chi connectivity index (χ3n) is 7.29. The van der Waals surface area contributed by atoms with E-state index in [2.05, 4.69) is 51.2 Å². The van der Waals surface area contributed by atoms with Gasteiger partial charge < -0.3 is 10.1 Å². The molecule has 0 spiro atoms. The van der Waals surface area contributed by atoms with Crippen LogP contribution in [0.15, 0.2) is 18.2 Å². The number of esters is 1. The van der Waals surface area contributed by atoms with Gasteiger partial charge >= 0.3 is 5.97 Å². The fourth-order valence-electron chi connectivity index (χ4n) is 5.69. The van der Waals surface area contributed by atoms with Crippen LogP contribution in [0.4, 0.5) is 0 Å². The molecule has 2 aliphatic rings. The summed E-state index contributed by atoms with van der Waals surface area (Å²) in [5.74, 6) is 1.45. The molecule has 2 aliphatic carbocycles. The maximum atomic E-state index is 13.1. The van der Waals surface area contributed by atoms with E-state index in [0.717, 1.165) is 38.6 Å². The van der Waals surface area contributed by atoms with Crippen LogP contribution in [0.3, 0.4) is 0 Å². The van der Waals surface area contributed by atoms with Crippen LogP contribution in [0, 0.1) is 11.3 Å². The lowest BCUT2D eigenvalue weighted by molar-refractivity contribution is -0.164.